The number of nitrogens with two attached hydrogens (primary N) is 1. The SMILES string of the molecule is CCCN(C(=N)N)n1ccnn1. The summed E-state index contributed by atoms with van der Waals surface area (Å²) in [6.07, 6.45) is 4.10. The van der Waals surface area contributed by atoms with Crippen molar-refractivity contribution in [2.75, 3.05) is 11.6 Å². The summed E-state index contributed by atoms with van der Waals surface area (Å²) in [6, 6.07) is 0. The monoisotopic (exact) mass is 168 g/mol. The zero-order valence-corrected chi connectivity index (χ0v) is 6.94. The van der Waals surface area contributed by atoms with Crippen molar-refractivity contribution in [2.45, 2.75) is 13.3 Å². The number of nitrogens with zero attached hydrogens (tertiary/aromatic N) is 4. The highest BCUT2D eigenvalue weighted by atomic mass is 15.7. The van der Waals surface area contributed by atoms with Crippen LogP contribution in [0.4, 0.5) is 0 Å². The van der Waals surface area contributed by atoms with Gasteiger partial charge < -0.3 is 5.73 Å². The van der Waals surface area contributed by atoms with Crippen LogP contribution in [0, 0.1) is 5.41 Å². The Hall–Kier alpha value is -1.59. The van der Waals surface area contributed by atoms with E-state index in [0.717, 1.165) is 6.42 Å². The van der Waals surface area contributed by atoms with Gasteiger partial charge >= 0.3 is 0 Å². The molecule has 3 N–H and O–H groups in total. The first kappa shape index (κ1) is 8.51. The normalized spacial score (nSPS) is 9.75. The maximum atomic E-state index is 7.25. The Morgan fingerprint density at radius 2 is 2.50 bits per heavy atom. The standard InChI is InChI=1S/C6H12N6/c1-2-4-11(6(7)8)12-5-3-9-10-12/h3,5H,2,4H2,1H3,(H3,7,8). The topological polar surface area (TPSA) is 83.8 Å². The minimum absolute atomic E-state index is 0.0256. The Labute approximate surface area is 70.4 Å². The van der Waals surface area contributed by atoms with Gasteiger partial charge in [-0.05, 0) is 11.6 Å². The number of hydrogen-bond acceptors (Lipinski definition) is 3. The molecule has 1 rings (SSSR count). The summed E-state index contributed by atoms with van der Waals surface area (Å²) in [5, 5.41) is 16.1. The number of rotatable bonds is 3. The Morgan fingerprint density at radius 3 is 2.92 bits per heavy atom. The van der Waals surface area contributed by atoms with Crippen molar-refractivity contribution in [2.24, 2.45) is 5.73 Å². The highest BCUT2D eigenvalue weighted by molar-refractivity contribution is 5.84. The zero-order chi connectivity index (χ0) is 8.97. The maximum absolute atomic E-state index is 7.25. The van der Waals surface area contributed by atoms with E-state index in [-0.39, 0.29) is 5.96 Å². The Morgan fingerprint density at radius 1 is 1.75 bits per heavy atom. The lowest BCUT2D eigenvalue weighted by Gasteiger charge is -2.20. The fourth-order valence-electron chi connectivity index (χ4n) is 0.876. The second-order valence-corrected chi connectivity index (χ2v) is 2.33. The summed E-state index contributed by atoms with van der Waals surface area (Å²) < 4.78 is 0. The van der Waals surface area contributed by atoms with Crippen molar-refractivity contribution in [3.05, 3.63) is 12.4 Å². The van der Waals surface area contributed by atoms with E-state index in [9.17, 15) is 0 Å². The highest BCUT2D eigenvalue weighted by Crippen LogP contribution is 1.88. The van der Waals surface area contributed by atoms with Gasteiger partial charge in [0, 0.05) is 6.54 Å². The van der Waals surface area contributed by atoms with Crippen LogP contribution in [0.15, 0.2) is 12.4 Å². The van der Waals surface area contributed by atoms with E-state index in [0.29, 0.717) is 6.54 Å². The molecule has 1 aromatic heterocycles. The largest absolute Gasteiger partial charge is 0.369 e. The van der Waals surface area contributed by atoms with E-state index in [2.05, 4.69) is 10.3 Å². The van der Waals surface area contributed by atoms with Gasteiger partial charge in [0.1, 0.15) is 0 Å². The smallest absolute Gasteiger partial charge is 0.209 e. The van der Waals surface area contributed by atoms with Crippen LogP contribution in [-0.2, 0) is 0 Å². The third-order valence-corrected chi connectivity index (χ3v) is 1.37. The summed E-state index contributed by atoms with van der Waals surface area (Å²) in [7, 11) is 0. The Bertz CT molecular complexity index is 241. The first-order valence-electron chi connectivity index (χ1n) is 3.74. The van der Waals surface area contributed by atoms with Crippen molar-refractivity contribution >= 4 is 5.96 Å². The van der Waals surface area contributed by atoms with Crippen molar-refractivity contribution in [1.29, 1.82) is 5.41 Å². The molecule has 0 aliphatic heterocycles. The summed E-state index contributed by atoms with van der Waals surface area (Å²) in [5.41, 5.74) is 5.33. The van der Waals surface area contributed by atoms with Crippen LogP contribution >= 0.6 is 0 Å². The second kappa shape index (κ2) is 3.70. The molecule has 0 radical (unpaired) electrons. The van der Waals surface area contributed by atoms with Crippen LogP contribution in [0.2, 0.25) is 0 Å². The van der Waals surface area contributed by atoms with E-state index < -0.39 is 0 Å². The molecule has 6 nitrogen and oxygen atoms in total. The van der Waals surface area contributed by atoms with Gasteiger partial charge in [0.2, 0.25) is 5.96 Å². The predicted octanol–water partition coefficient (Wildman–Crippen LogP) is -0.480. The predicted molar refractivity (Wildman–Crippen MR) is 45.3 cm³/mol. The molecule has 0 amide bonds. The van der Waals surface area contributed by atoms with Crippen LogP contribution in [0.1, 0.15) is 13.3 Å². The van der Waals surface area contributed by atoms with Gasteiger partial charge in [-0.3, -0.25) is 5.41 Å². The van der Waals surface area contributed by atoms with Gasteiger partial charge in [-0.2, -0.15) is 4.79 Å². The van der Waals surface area contributed by atoms with E-state index in [4.69, 9.17) is 11.1 Å². The number of nitrogens with one attached hydrogen (secondary N) is 1. The van der Waals surface area contributed by atoms with Gasteiger partial charge in [0.05, 0.1) is 12.4 Å². The van der Waals surface area contributed by atoms with Gasteiger partial charge in [-0.15, -0.1) is 5.10 Å². The lowest BCUT2D eigenvalue weighted by molar-refractivity contribution is 0.594. The summed E-state index contributed by atoms with van der Waals surface area (Å²) >= 11 is 0. The number of hydrogen-bond donors (Lipinski definition) is 2. The van der Waals surface area contributed by atoms with Crippen LogP contribution in [0.5, 0.6) is 0 Å². The fourth-order valence-corrected chi connectivity index (χ4v) is 0.876. The molecule has 12 heavy (non-hydrogen) atoms. The third-order valence-electron chi connectivity index (χ3n) is 1.37. The summed E-state index contributed by atoms with van der Waals surface area (Å²) in [4.78, 5) is 1.45. The van der Waals surface area contributed by atoms with Crippen molar-refractivity contribution in [1.82, 2.24) is 15.1 Å². The number of guanidine groups is 1. The molecule has 0 unspecified atom stereocenters. The van der Waals surface area contributed by atoms with Crippen molar-refractivity contribution in [3.63, 3.8) is 0 Å². The van der Waals surface area contributed by atoms with E-state index in [1.165, 1.54) is 9.80 Å². The van der Waals surface area contributed by atoms with E-state index in [1.807, 2.05) is 6.92 Å². The molecule has 66 valence electrons. The van der Waals surface area contributed by atoms with Crippen LogP contribution in [-0.4, -0.2) is 27.6 Å². The Balaban J connectivity index is 2.73. The van der Waals surface area contributed by atoms with Gasteiger partial charge in [0.15, 0.2) is 0 Å². The number of aromatic nitrogens is 3. The molecule has 0 aliphatic rings. The third kappa shape index (κ3) is 1.71. The molecule has 0 fully saturated rings. The minimum Gasteiger partial charge on any atom is -0.369 e. The average Bonchev–Trinajstić information content (AvgIpc) is 2.51. The molecule has 0 aliphatic carbocycles. The molecular formula is C6H12N6. The molecule has 0 aromatic carbocycles. The lowest BCUT2D eigenvalue weighted by Crippen LogP contribution is -2.45. The maximum Gasteiger partial charge on any atom is 0.209 e. The Kier molecular flexibility index (Phi) is 2.62. The first-order valence-corrected chi connectivity index (χ1v) is 3.74. The molecule has 1 heterocycles. The van der Waals surface area contributed by atoms with Crippen LogP contribution in [0.3, 0.4) is 0 Å². The minimum atomic E-state index is -0.0256. The van der Waals surface area contributed by atoms with Gasteiger partial charge in [0.25, 0.3) is 0 Å². The molecule has 0 spiro atoms. The molecule has 6 heteroatoms. The summed E-state index contributed by atoms with van der Waals surface area (Å²) in [5.74, 6) is -0.0256. The molecule has 1 aromatic rings. The molecule has 0 atom stereocenters. The lowest BCUT2D eigenvalue weighted by atomic mass is 10.5. The highest BCUT2D eigenvalue weighted by Gasteiger charge is 2.06. The molecular weight excluding hydrogens is 156 g/mol. The van der Waals surface area contributed by atoms with E-state index in [1.54, 1.807) is 12.4 Å². The second-order valence-electron chi connectivity index (χ2n) is 2.33. The van der Waals surface area contributed by atoms with Crippen molar-refractivity contribution in [3.8, 4) is 0 Å². The van der Waals surface area contributed by atoms with E-state index >= 15 is 0 Å². The van der Waals surface area contributed by atoms with Crippen LogP contribution < -0.4 is 10.7 Å². The molecule has 0 saturated carbocycles. The van der Waals surface area contributed by atoms with Crippen molar-refractivity contribution < 1.29 is 0 Å². The van der Waals surface area contributed by atoms with Gasteiger partial charge in [-0.25, -0.2) is 5.01 Å². The summed E-state index contributed by atoms with van der Waals surface area (Å²) in [6.45, 7) is 2.67. The molecule has 0 bridgehead atoms. The quantitative estimate of drug-likeness (QED) is 0.471. The van der Waals surface area contributed by atoms with Crippen LogP contribution in [0.25, 0.3) is 0 Å². The fraction of sp³-hybridized carbons (Fsp3) is 0.500. The first-order chi connectivity index (χ1) is 5.75. The average molecular weight is 168 g/mol. The zero-order valence-electron chi connectivity index (χ0n) is 6.94. The molecule has 0 saturated heterocycles. The van der Waals surface area contributed by atoms with Gasteiger partial charge in [-0.1, -0.05) is 6.92 Å².